The zero-order chi connectivity index (χ0) is 21.2. The fraction of sp³-hybridized carbons (Fsp3) is 0.458. The Kier molecular flexibility index (Phi) is 9.05. The number of thioether (sulfide) groups is 1. The predicted molar refractivity (Wildman–Crippen MR) is 120 cm³/mol. The van der Waals surface area contributed by atoms with E-state index in [0.29, 0.717) is 30.5 Å². The maximum atomic E-state index is 11.1. The Morgan fingerprint density at radius 3 is 2.63 bits per heavy atom. The number of para-hydroxylation sites is 1. The van der Waals surface area contributed by atoms with Crippen molar-refractivity contribution in [3.8, 4) is 5.75 Å². The molecule has 1 aliphatic rings. The van der Waals surface area contributed by atoms with E-state index in [1.807, 2.05) is 24.3 Å². The van der Waals surface area contributed by atoms with Crippen LogP contribution in [0.3, 0.4) is 0 Å². The molecule has 0 saturated heterocycles. The lowest BCUT2D eigenvalue weighted by molar-refractivity contribution is -0.128. The SMILES string of the molecule is O=C(CCSCC(O)Cc1cccc(C2CCCC2)c1OCc1ccccc1)NO. The normalized spacial score (nSPS) is 15.1. The number of aliphatic hydroxyl groups is 1. The minimum atomic E-state index is -0.523. The molecule has 1 saturated carbocycles. The van der Waals surface area contributed by atoms with Crippen LogP contribution >= 0.6 is 11.8 Å². The average molecular weight is 430 g/mol. The van der Waals surface area contributed by atoms with Gasteiger partial charge in [-0.05, 0) is 35.4 Å². The molecule has 2 aromatic carbocycles. The Morgan fingerprint density at radius 1 is 1.13 bits per heavy atom. The Hall–Kier alpha value is -2.02. The third kappa shape index (κ3) is 6.76. The highest BCUT2D eigenvalue weighted by Gasteiger charge is 2.23. The number of hydrogen-bond donors (Lipinski definition) is 3. The summed E-state index contributed by atoms with van der Waals surface area (Å²) in [4.78, 5) is 11.1. The number of benzene rings is 2. The molecule has 2 aromatic rings. The summed E-state index contributed by atoms with van der Waals surface area (Å²) >= 11 is 1.51. The number of rotatable bonds is 11. The minimum Gasteiger partial charge on any atom is -0.488 e. The Balaban J connectivity index is 1.67. The van der Waals surface area contributed by atoms with Crippen molar-refractivity contribution in [3.05, 3.63) is 65.2 Å². The molecular formula is C24H31NO4S. The molecule has 0 spiro atoms. The first-order valence-electron chi connectivity index (χ1n) is 10.6. The summed E-state index contributed by atoms with van der Waals surface area (Å²) in [5.41, 5.74) is 5.06. The molecule has 30 heavy (non-hydrogen) atoms. The van der Waals surface area contributed by atoms with Crippen LogP contribution in [0.15, 0.2) is 48.5 Å². The molecule has 5 nitrogen and oxygen atoms in total. The summed E-state index contributed by atoms with van der Waals surface area (Å²) in [5.74, 6) is 2.14. The van der Waals surface area contributed by atoms with E-state index in [9.17, 15) is 9.90 Å². The fourth-order valence-corrected chi connectivity index (χ4v) is 4.87. The van der Waals surface area contributed by atoms with Crippen LogP contribution < -0.4 is 10.2 Å². The second-order valence-electron chi connectivity index (χ2n) is 7.81. The summed E-state index contributed by atoms with van der Waals surface area (Å²) in [7, 11) is 0. The number of ether oxygens (including phenoxy) is 1. The van der Waals surface area contributed by atoms with E-state index in [-0.39, 0.29) is 6.42 Å². The Morgan fingerprint density at radius 2 is 1.90 bits per heavy atom. The van der Waals surface area contributed by atoms with E-state index in [1.54, 1.807) is 5.48 Å². The molecule has 0 radical (unpaired) electrons. The molecule has 1 aliphatic carbocycles. The number of carbonyl (C=O) groups is 1. The van der Waals surface area contributed by atoms with Gasteiger partial charge in [0.05, 0.1) is 6.10 Å². The van der Waals surface area contributed by atoms with E-state index in [4.69, 9.17) is 9.94 Å². The van der Waals surface area contributed by atoms with E-state index in [1.165, 1.54) is 43.0 Å². The van der Waals surface area contributed by atoms with E-state index < -0.39 is 12.0 Å². The van der Waals surface area contributed by atoms with Crippen molar-refractivity contribution in [2.75, 3.05) is 11.5 Å². The Bertz CT molecular complexity index is 793. The van der Waals surface area contributed by atoms with Gasteiger partial charge in [0.15, 0.2) is 0 Å². The summed E-state index contributed by atoms with van der Waals surface area (Å²) in [6, 6.07) is 16.4. The van der Waals surface area contributed by atoms with E-state index in [2.05, 4.69) is 24.3 Å². The van der Waals surface area contributed by atoms with Crippen LogP contribution in [0.2, 0.25) is 0 Å². The van der Waals surface area contributed by atoms with Gasteiger partial charge in [0.25, 0.3) is 0 Å². The number of hydrogen-bond acceptors (Lipinski definition) is 5. The third-order valence-corrected chi connectivity index (χ3v) is 6.63. The first kappa shape index (κ1) is 22.7. The Labute approximate surface area is 182 Å². The number of amides is 1. The molecule has 1 atom stereocenters. The van der Waals surface area contributed by atoms with Gasteiger partial charge < -0.3 is 9.84 Å². The second-order valence-corrected chi connectivity index (χ2v) is 8.96. The van der Waals surface area contributed by atoms with Crippen LogP contribution in [0.4, 0.5) is 0 Å². The quantitative estimate of drug-likeness (QED) is 0.279. The first-order valence-corrected chi connectivity index (χ1v) is 11.8. The third-order valence-electron chi connectivity index (χ3n) is 5.51. The monoisotopic (exact) mass is 429 g/mol. The molecule has 3 rings (SSSR count). The highest BCUT2D eigenvalue weighted by Crippen LogP contribution is 2.40. The van der Waals surface area contributed by atoms with Gasteiger partial charge in [-0.15, -0.1) is 0 Å². The predicted octanol–water partition coefficient (Wildman–Crippen LogP) is 4.46. The van der Waals surface area contributed by atoms with Crippen molar-refractivity contribution < 1.29 is 19.8 Å². The van der Waals surface area contributed by atoms with Gasteiger partial charge in [-0.2, -0.15) is 11.8 Å². The lowest BCUT2D eigenvalue weighted by Gasteiger charge is -2.21. The number of nitrogens with one attached hydrogen (secondary N) is 1. The van der Waals surface area contributed by atoms with Crippen LogP contribution in [0.25, 0.3) is 0 Å². The molecule has 0 heterocycles. The first-order chi connectivity index (χ1) is 14.7. The molecule has 1 fully saturated rings. The second kappa shape index (κ2) is 12.0. The molecule has 0 aliphatic heterocycles. The van der Waals surface area contributed by atoms with Crippen LogP contribution in [-0.4, -0.2) is 33.8 Å². The molecule has 162 valence electrons. The molecule has 0 aromatic heterocycles. The largest absolute Gasteiger partial charge is 0.488 e. The summed E-state index contributed by atoms with van der Waals surface area (Å²) < 4.78 is 6.34. The van der Waals surface area contributed by atoms with Crippen LogP contribution in [0, 0.1) is 0 Å². The summed E-state index contributed by atoms with van der Waals surface area (Å²) in [6.45, 7) is 0.513. The zero-order valence-corrected chi connectivity index (χ0v) is 18.1. The molecule has 6 heteroatoms. The van der Waals surface area contributed by atoms with E-state index in [0.717, 1.165) is 16.9 Å². The smallest absolute Gasteiger partial charge is 0.244 e. The maximum Gasteiger partial charge on any atom is 0.244 e. The standard InChI is InChI=1S/C24H31NO4S/c26-21(17-30-14-13-23(27)25-28)15-20-11-6-12-22(19-9-4-5-10-19)24(20)29-16-18-7-2-1-3-8-18/h1-3,6-8,11-12,19,21,26,28H,4-5,9-10,13-17H2,(H,25,27). The van der Waals surface area contributed by atoms with Gasteiger partial charge >= 0.3 is 0 Å². The topological polar surface area (TPSA) is 78.8 Å². The molecule has 1 unspecified atom stereocenters. The fourth-order valence-electron chi connectivity index (χ4n) is 3.98. The summed E-state index contributed by atoms with van der Waals surface area (Å²) in [5, 5.41) is 19.1. The van der Waals surface area contributed by atoms with Crippen molar-refractivity contribution in [2.24, 2.45) is 0 Å². The van der Waals surface area contributed by atoms with Crippen LogP contribution in [-0.2, 0) is 17.8 Å². The molecular weight excluding hydrogens is 398 g/mol. The van der Waals surface area contributed by atoms with Crippen molar-refractivity contribution in [3.63, 3.8) is 0 Å². The highest BCUT2D eigenvalue weighted by molar-refractivity contribution is 7.99. The van der Waals surface area contributed by atoms with Crippen molar-refractivity contribution in [2.45, 2.75) is 57.2 Å². The number of hydroxylamine groups is 1. The van der Waals surface area contributed by atoms with Crippen molar-refractivity contribution >= 4 is 17.7 Å². The highest BCUT2D eigenvalue weighted by atomic mass is 32.2. The summed E-state index contributed by atoms with van der Waals surface area (Å²) in [6.07, 6.45) is 5.12. The average Bonchev–Trinajstić information content (AvgIpc) is 3.31. The molecule has 3 N–H and O–H groups in total. The van der Waals surface area contributed by atoms with Crippen molar-refractivity contribution in [1.82, 2.24) is 5.48 Å². The van der Waals surface area contributed by atoms with E-state index >= 15 is 0 Å². The van der Waals surface area contributed by atoms with Crippen LogP contribution in [0.5, 0.6) is 5.75 Å². The van der Waals surface area contributed by atoms with Gasteiger partial charge in [-0.25, -0.2) is 5.48 Å². The molecule has 1 amide bonds. The van der Waals surface area contributed by atoms with Gasteiger partial charge in [0.2, 0.25) is 5.91 Å². The van der Waals surface area contributed by atoms with Crippen molar-refractivity contribution in [1.29, 1.82) is 0 Å². The maximum absolute atomic E-state index is 11.1. The molecule has 0 bridgehead atoms. The van der Waals surface area contributed by atoms with Gasteiger partial charge in [-0.1, -0.05) is 61.4 Å². The number of carbonyl (C=O) groups excluding carboxylic acids is 1. The van der Waals surface area contributed by atoms with Gasteiger partial charge in [-0.3, -0.25) is 10.0 Å². The van der Waals surface area contributed by atoms with Gasteiger partial charge in [0.1, 0.15) is 12.4 Å². The zero-order valence-electron chi connectivity index (χ0n) is 17.3. The lowest BCUT2D eigenvalue weighted by Crippen LogP contribution is -2.20. The lowest BCUT2D eigenvalue weighted by atomic mass is 9.93. The van der Waals surface area contributed by atoms with Crippen LogP contribution in [0.1, 0.15) is 54.7 Å². The minimum absolute atomic E-state index is 0.233. The van der Waals surface area contributed by atoms with Gasteiger partial charge in [0, 0.05) is 24.3 Å². The number of aliphatic hydroxyl groups excluding tert-OH is 1.